The fraction of sp³-hybridized carbons (Fsp3) is 0.850. The smallest absolute Gasteiger partial charge is 0.311 e. The average molecular weight is 320 g/mol. The summed E-state index contributed by atoms with van der Waals surface area (Å²) in [7, 11) is 1.52. The number of fused-ring (bicyclic) bond motifs is 3. The van der Waals surface area contributed by atoms with Crippen molar-refractivity contribution < 1.29 is 14.6 Å². The Balaban J connectivity index is 2.01. The monoisotopic (exact) mass is 320 g/mol. The number of hydrogen-bond acceptors (Lipinski definition) is 3. The maximum Gasteiger partial charge on any atom is 0.311 e. The highest BCUT2D eigenvalue weighted by Crippen LogP contribution is 2.65. The first kappa shape index (κ1) is 17.0. The number of rotatable bonds is 2. The molecule has 1 N–H and O–H groups in total. The van der Waals surface area contributed by atoms with Gasteiger partial charge < -0.3 is 9.84 Å². The summed E-state index contributed by atoms with van der Waals surface area (Å²) in [5.74, 6) is 0.801. The zero-order valence-electron chi connectivity index (χ0n) is 15.2. The maximum atomic E-state index is 12.5. The summed E-state index contributed by atoms with van der Waals surface area (Å²) in [5, 5.41) is 10.00. The van der Waals surface area contributed by atoms with Crippen molar-refractivity contribution in [1.82, 2.24) is 0 Å². The van der Waals surface area contributed by atoms with Gasteiger partial charge in [-0.25, -0.2) is 0 Å². The van der Waals surface area contributed by atoms with Crippen LogP contribution in [0.4, 0.5) is 0 Å². The van der Waals surface area contributed by atoms with Crippen LogP contribution in [0.15, 0.2) is 11.6 Å². The maximum absolute atomic E-state index is 12.5. The van der Waals surface area contributed by atoms with E-state index in [4.69, 9.17) is 4.74 Å². The second kappa shape index (κ2) is 5.61. The van der Waals surface area contributed by atoms with E-state index in [9.17, 15) is 9.90 Å². The molecule has 3 aliphatic carbocycles. The summed E-state index contributed by atoms with van der Waals surface area (Å²) in [6.45, 7) is 7.01. The minimum absolute atomic E-state index is 0.0111. The second-order valence-corrected chi connectivity index (χ2v) is 8.87. The van der Waals surface area contributed by atoms with E-state index in [1.165, 1.54) is 12.7 Å². The summed E-state index contributed by atoms with van der Waals surface area (Å²) in [4.78, 5) is 12.5. The van der Waals surface area contributed by atoms with E-state index in [1.807, 2.05) is 0 Å². The first-order valence-corrected chi connectivity index (χ1v) is 9.22. The van der Waals surface area contributed by atoms with Gasteiger partial charge in [0, 0.05) is 6.61 Å². The summed E-state index contributed by atoms with van der Waals surface area (Å²) >= 11 is 0. The number of carbonyl (C=O) groups is 1. The molecule has 0 amide bonds. The lowest BCUT2D eigenvalue weighted by molar-refractivity contribution is -0.165. The Labute approximate surface area is 140 Å². The quantitative estimate of drug-likeness (QED) is 0.615. The zero-order chi connectivity index (χ0) is 16.9. The molecule has 3 nitrogen and oxygen atoms in total. The molecule has 0 aromatic rings. The van der Waals surface area contributed by atoms with Gasteiger partial charge in [0.15, 0.2) is 0 Å². The molecule has 2 fully saturated rings. The summed E-state index contributed by atoms with van der Waals surface area (Å²) in [5.41, 5.74) is 1.27. The largest absolute Gasteiger partial charge is 0.469 e. The number of ether oxygens (including phenoxy) is 1. The van der Waals surface area contributed by atoms with E-state index in [-0.39, 0.29) is 28.8 Å². The summed E-state index contributed by atoms with van der Waals surface area (Å²) in [6, 6.07) is 0. The molecule has 0 unspecified atom stereocenters. The Morgan fingerprint density at radius 3 is 2.65 bits per heavy atom. The van der Waals surface area contributed by atoms with Gasteiger partial charge in [0.1, 0.15) is 0 Å². The van der Waals surface area contributed by atoms with Crippen LogP contribution in [0.2, 0.25) is 0 Å². The average Bonchev–Trinajstić information content (AvgIpc) is 2.54. The van der Waals surface area contributed by atoms with Gasteiger partial charge >= 0.3 is 5.97 Å². The van der Waals surface area contributed by atoms with Crippen molar-refractivity contribution in [2.75, 3.05) is 13.7 Å². The van der Waals surface area contributed by atoms with E-state index in [0.29, 0.717) is 11.8 Å². The molecule has 5 atom stereocenters. The lowest BCUT2D eigenvalue weighted by Gasteiger charge is -2.59. The van der Waals surface area contributed by atoms with Gasteiger partial charge in [0.2, 0.25) is 0 Å². The fourth-order valence-electron chi connectivity index (χ4n) is 6.24. The van der Waals surface area contributed by atoms with Crippen LogP contribution in [-0.2, 0) is 9.53 Å². The molecule has 0 radical (unpaired) electrons. The van der Waals surface area contributed by atoms with E-state index >= 15 is 0 Å². The summed E-state index contributed by atoms with van der Waals surface area (Å²) < 4.78 is 5.19. The van der Waals surface area contributed by atoms with E-state index < -0.39 is 0 Å². The normalized spacial score (nSPS) is 46.4. The standard InChI is InChI=1S/C20H32O3/c1-18(13-21)10-5-7-15-14(18)8-9-16-19(15,2)11-6-12-20(16,3)17(22)23-4/h7,14,16,21H,5-6,8-13H2,1-4H3/t14-,16-,18-,19-,20+/m0/s1. The molecule has 130 valence electrons. The minimum atomic E-state index is -0.360. The van der Waals surface area contributed by atoms with Crippen LogP contribution in [0.25, 0.3) is 0 Å². The number of carbonyl (C=O) groups excluding carboxylic acids is 1. The molecular weight excluding hydrogens is 288 g/mol. The Morgan fingerprint density at radius 1 is 1.26 bits per heavy atom. The number of allylic oxidation sites excluding steroid dienone is 2. The highest BCUT2D eigenvalue weighted by Gasteiger charge is 2.59. The third kappa shape index (κ3) is 2.30. The van der Waals surface area contributed by atoms with Crippen LogP contribution < -0.4 is 0 Å². The van der Waals surface area contributed by atoms with Crippen molar-refractivity contribution in [2.24, 2.45) is 28.1 Å². The molecule has 0 saturated heterocycles. The zero-order valence-corrected chi connectivity index (χ0v) is 15.2. The van der Waals surface area contributed by atoms with Gasteiger partial charge in [-0.15, -0.1) is 0 Å². The van der Waals surface area contributed by atoms with E-state index in [2.05, 4.69) is 26.8 Å². The molecule has 23 heavy (non-hydrogen) atoms. The topological polar surface area (TPSA) is 46.5 Å². The molecule has 0 spiro atoms. The van der Waals surface area contributed by atoms with Gasteiger partial charge in [-0.1, -0.05) is 31.9 Å². The fourth-order valence-corrected chi connectivity index (χ4v) is 6.24. The number of hydrogen-bond donors (Lipinski definition) is 1. The van der Waals surface area contributed by atoms with Crippen molar-refractivity contribution in [1.29, 1.82) is 0 Å². The Morgan fingerprint density at radius 2 is 2.00 bits per heavy atom. The summed E-state index contributed by atoms with van der Waals surface area (Å²) in [6.07, 6.45) is 9.92. The predicted octanol–water partition coefficient (Wildman–Crippen LogP) is 4.10. The molecule has 0 heterocycles. The lowest BCUT2D eigenvalue weighted by atomic mass is 9.44. The number of methoxy groups -OCH3 is 1. The van der Waals surface area contributed by atoms with Gasteiger partial charge in [0.25, 0.3) is 0 Å². The molecule has 0 aromatic carbocycles. The Hall–Kier alpha value is -0.830. The van der Waals surface area contributed by atoms with Crippen molar-refractivity contribution in [3.63, 3.8) is 0 Å². The number of esters is 1. The lowest BCUT2D eigenvalue weighted by Crippen LogP contribution is -2.54. The van der Waals surface area contributed by atoms with E-state index in [0.717, 1.165) is 44.9 Å². The van der Waals surface area contributed by atoms with E-state index in [1.54, 1.807) is 0 Å². The number of aliphatic hydroxyl groups excluding tert-OH is 1. The van der Waals surface area contributed by atoms with Gasteiger partial charge in [-0.05, 0) is 68.1 Å². The van der Waals surface area contributed by atoms with Gasteiger partial charge in [-0.3, -0.25) is 4.79 Å². The molecule has 0 bridgehead atoms. The van der Waals surface area contributed by atoms with Crippen LogP contribution >= 0.6 is 0 Å². The molecule has 3 rings (SSSR count). The molecular formula is C20H32O3. The Kier molecular flexibility index (Phi) is 4.15. The Bertz CT molecular complexity index is 525. The van der Waals surface area contributed by atoms with Crippen molar-refractivity contribution in [2.45, 2.75) is 65.7 Å². The first-order chi connectivity index (χ1) is 10.8. The van der Waals surface area contributed by atoms with Crippen molar-refractivity contribution >= 4 is 5.97 Å². The van der Waals surface area contributed by atoms with Crippen LogP contribution in [0, 0.1) is 28.1 Å². The van der Waals surface area contributed by atoms with Crippen LogP contribution in [0.1, 0.15) is 65.7 Å². The van der Waals surface area contributed by atoms with Crippen LogP contribution in [0.3, 0.4) is 0 Å². The number of aliphatic hydroxyl groups is 1. The first-order valence-electron chi connectivity index (χ1n) is 9.22. The second-order valence-electron chi connectivity index (χ2n) is 8.87. The highest BCUT2D eigenvalue weighted by atomic mass is 16.5. The molecule has 3 aliphatic rings. The van der Waals surface area contributed by atoms with Crippen molar-refractivity contribution in [3.8, 4) is 0 Å². The molecule has 3 heteroatoms. The minimum Gasteiger partial charge on any atom is -0.469 e. The van der Waals surface area contributed by atoms with Crippen LogP contribution in [-0.4, -0.2) is 24.8 Å². The SMILES string of the molecule is COC(=O)[C@]1(C)CCC[C@@]2(C)C3=CCC[C@@](C)(CO)[C@H]3CC[C@H]12. The van der Waals surface area contributed by atoms with Gasteiger partial charge in [-0.2, -0.15) is 0 Å². The third-order valence-corrected chi connectivity index (χ3v) is 7.64. The predicted molar refractivity (Wildman–Crippen MR) is 90.8 cm³/mol. The van der Waals surface area contributed by atoms with Crippen molar-refractivity contribution in [3.05, 3.63) is 11.6 Å². The third-order valence-electron chi connectivity index (χ3n) is 7.64. The molecule has 0 aromatic heterocycles. The molecule has 0 aliphatic heterocycles. The van der Waals surface area contributed by atoms with Crippen LogP contribution in [0.5, 0.6) is 0 Å². The molecule has 2 saturated carbocycles. The highest BCUT2D eigenvalue weighted by molar-refractivity contribution is 5.77. The van der Waals surface area contributed by atoms with Gasteiger partial charge in [0.05, 0.1) is 12.5 Å².